The molecule has 1 unspecified atom stereocenters. The van der Waals surface area contributed by atoms with Gasteiger partial charge in [-0.05, 0) is 30.9 Å². The van der Waals surface area contributed by atoms with Crippen LogP contribution in [-0.2, 0) is 9.59 Å². The number of thiol groups is 1. The summed E-state index contributed by atoms with van der Waals surface area (Å²) < 4.78 is 0. The van der Waals surface area contributed by atoms with Crippen molar-refractivity contribution in [1.82, 2.24) is 10.2 Å². The van der Waals surface area contributed by atoms with Gasteiger partial charge in [0.2, 0.25) is 11.8 Å². The van der Waals surface area contributed by atoms with Gasteiger partial charge in [-0.2, -0.15) is 12.6 Å². The highest BCUT2D eigenvalue weighted by atomic mass is 32.1. The van der Waals surface area contributed by atoms with E-state index in [0.717, 1.165) is 18.6 Å². The number of carbonyl (C=O) groups excluding carboxylic acids is 2. The Hall–Kier alpha value is -0.710. The van der Waals surface area contributed by atoms with Crippen LogP contribution in [0.2, 0.25) is 0 Å². The quantitative estimate of drug-likeness (QED) is 0.699. The molecule has 4 nitrogen and oxygen atoms in total. The van der Waals surface area contributed by atoms with Gasteiger partial charge in [-0.1, -0.05) is 0 Å². The third-order valence-corrected chi connectivity index (χ3v) is 3.69. The molecule has 0 saturated heterocycles. The molecule has 1 atom stereocenters. The number of likely N-dealkylation sites (N-methyl/N-ethyl adjacent to an activating group) is 1. The van der Waals surface area contributed by atoms with Gasteiger partial charge in [0.1, 0.15) is 6.04 Å². The highest BCUT2D eigenvalue weighted by Crippen LogP contribution is 2.49. The van der Waals surface area contributed by atoms with Crippen molar-refractivity contribution in [2.75, 3.05) is 19.8 Å². The molecule has 1 rings (SSSR count). The average molecular weight is 244 g/mol. The van der Waals surface area contributed by atoms with E-state index < -0.39 is 6.04 Å². The predicted octanol–water partition coefficient (Wildman–Crippen LogP) is 0.679. The minimum atomic E-state index is -0.446. The van der Waals surface area contributed by atoms with E-state index in [-0.39, 0.29) is 17.2 Å². The molecule has 5 heteroatoms. The van der Waals surface area contributed by atoms with Crippen molar-refractivity contribution in [3.05, 3.63) is 0 Å². The Morgan fingerprint density at radius 2 is 2.00 bits per heavy atom. The second kappa shape index (κ2) is 5.08. The maximum atomic E-state index is 11.7. The molecule has 0 spiro atoms. The Labute approximate surface area is 102 Å². The van der Waals surface area contributed by atoms with E-state index in [1.54, 1.807) is 21.0 Å². The van der Waals surface area contributed by atoms with Crippen LogP contribution in [0.1, 0.15) is 26.2 Å². The van der Waals surface area contributed by atoms with Gasteiger partial charge in [-0.3, -0.25) is 9.59 Å². The highest BCUT2D eigenvalue weighted by Gasteiger charge is 2.43. The monoisotopic (exact) mass is 244 g/mol. The molecule has 0 bridgehead atoms. The molecule has 1 aliphatic carbocycles. The smallest absolute Gasteiger partial charge is 0.244 e. The lowest BCUT2D eigenvalue weighted by Crippen LogP contribution is -2.44. The molecule has 0 aromatic carbocycles. The molecule has 92 valence electrons. The van der Waals surface area contributed by atoms with E-state index in [9.17, 15) is 9.59 Å². The summed E-state index contributed by atoms with van der Waals surface area (Å²) in [5, 5.41) is 2.73. The number of carbonyl (C=O) groups is 2. The van der Waals surface area contributed by atoms with Crippen LogP contribution in [-0.4, -0.2) is 42.6 Å². The Balaban J connectivity index is 2.37. The topological polar surface area (TPSA) is 49.4 Å². The SMILES string of the molecule is CC(NC(=O)CC1(CS)CC1)C(=O)N(C)C. The number of hydrogen-bond acceptors (Lipinski definition) is 3. The third-order valence-electron chi connectivity index (χ3n) is 3.02. The second-order valence-corrected chi connectivity index (χ2v) is 5.17. The van der Waals surface area contributed by atoms with Gasteiger partial charge in [-0.25, -0.2) is 0 Å². The van der Waals surface area contributed by atoms with Crippen molar-refractivity contribution in [1.29, 1.82) is 0 Å². The first kappa shape index (κ1) is 13.4. The minimum Gasteiger partial charge on any atom is -0.347 e. The fourth-order valence-electron chi connectivity index (χ4n) is 1.65. The molecule has 0 aromatic heterocycles. The van der Waals surface area contributed by atoms with Crippen molar-refractivity contribution >= 4 is 24.4 Å². The fraction of sp³-hybridized carbons (Fsp3) is 0.818. The highest BCUT2D eigenvalue weighted by molar-refractivity contribution is 7.80. The Bertz CT molecular complexity index is 288. The summed E-state index contributed by atoms with van der Waals surface area (Å²) in [6, 6.07) is -0.446. The van der Waals surface area contributed by atoms with Crippen LogP contribution in [0.15, 0.2) is 0 Å². The molecule has 2 amide bonds. The van der Waals surface area contributed by atoms with Crippen LogP contribution >= 0.6 is 12.6 Å². The average Bonchev–Trinajstić information content (AvgIpc) is 2.96. The van der Waals surface area contributed by atoms with Crippen LogP contribution < -0.4 is 5.32 Å². The standard InChI is InChI=1S/C11H20N2O2S/c1-8(10(15)13(2)3)12-9(14)6-11(7-16)4-5-11/h8,16H,4-7H2,1-3H3,(H,12,14). The lowest BCUT2D eigenvalue weighted by atomic mass is 10.0. The van der Waals surface area contributed by atoms with Crippen LogP contribution in [0.5, 0.6) is 0 Å². The molecule has 1 fully saturated rings. The van der Waals surface area contributed by atoms with E-state index in [1.165, 1.54) is 4.90 Å². The summed E-state index contributed by atoms with van der Waals surface area (Å²) in [6.07, 6.45) is 2.63. The summed E-state index contributed by atoms with van der Waals surface area (Å²) in [5.41, 5.74) is 0.105. The number of nitrogens with zero attached hydrogens (tertiary/aromatic N) is 1. The zero-order valence-corrected chi connectivity index (χ0v) is 11.0. The van der Waals surface area contributed by atoms with E-state index in [4.69, 9.17) is 0 Å². The van der Waals surface area contributed by atoms with Crippen LogP contribution in [0.4, 0.5) is 0 Å². The van der Waals surface area contributed by atoms with Gasteiger partial charge in [-0.15, -0.1) is 0 Å². The van der Waals surface area contributed by atoms with E-state index >= 15 is 0 Å². The maximum absolute atomic E-state index is 11.7. The Morgan fingerprint density at radius 1 is 1.44 bits per heavy atom. The van der Waals surface area contributed by atoms with Gasteiger partial charge in [0.05, 0.1) is 0 Å². The second-order valence-electron chi connectivity index (χ2n) is 4.86. The van der Waals surface area contributed by atoms with Crippen molar-refractivity contribution < 1.29 is 9.59 Å². The van der Waals surface area contributed by atoms with Crippen molar-refractivity contribution in [3.8, 4) is 0 Å². The maximum Gasteiger partial charge on any atom is 0.244 e. The summed E-state index contributed by atoms with van der Waals surface area (Å²) in [6.45, 7) is 1.71. The molecular formula is C11H20N2O2S. The Kier molecular flexibility index (Phi) is 4.24. The normalized spacial score (nSPS) is 18.8. The van der Waals surface area contributed by atoms with Crippen LogP contribution in [0.25, 0.3) is 0 Å². The molecule has 0 aromatic rings. The Morgan fingerprint density at radius 3 is 2.38 bits per heavy atom. The number of rotatable bonds is 5. The molecule has 0 heterocycles. The molecule has 0 aliphatic heterocycles. The van der Waals surface area contributed by atoms with Crippen molar-refractivity contribution in [2.24, 2.45) is 5.41 Å². The summed E-state index contributed by atoms with van der Waals surface area (Å²) in [7, 11) is 3.36. The zero-order valence-electron chi connectivity index (χ0n) is 10.1. The first-order valence-electron chi connectivity index (χ1n) is 5.51. The first-order chi connectivity index (χ1) is 7.40. The molecule has 0 radical (unpaired) electrons. The van der Waals surface area contributed by atoms with Gasteiger partial charge >= 0.3 is 0 Å². The van der Waals surface area contributed by atoms with Crippen LogP contribution in [0.3, 0.4) is 0 Å². The molecule has 1 aliphatic rings. The zero-order chi connectivity index (χ0) is 12.3. The van der Waals surface area contributed by atoms with Crippen molar-refractivity contribution in [2.45, 2.75) is 32.2 Å². The lowest BCUT2D eigenvalue weighted by molar-refractivity contribution is -0.134. The molecular weight excluding hydrogens is 224 g/mol. The fourth-order valence-corrected chi connectivity index (χ4v) is 2.08. The summed E-state index contributed by atoms with van der Waals surface area (Å²) in [4.78, 5) is 24.7. The largest absolute Gasteiger partial charge is 0.347 e. The van der Waals surface area contributed by atoms with Gasteiger partial charge in [0.25, 0.3) is 0 Å². The molecule has 16 heavy (non-hydrogen) atoms. The first-order valence-corrected chi connectivity index (χ1v) is 6.15. The summed E-state index contributed by atoms with van der Waals surface area (Å²) >= 11 is 4.25. The van der Waals surface area contributed by atoms with E-state index in [0.29, 0.717) is 6.42 Å². The van der Waals surface area contributed by atoms with Crippen LogP contribution in [0, 0.1) is 5.41 Å². The lowest BCUT2D eigenvalue weighted by Gasteiger charge is -2.19. The number of amides is 2. The van der Waals surface area contributed by atoms with Gasteiger partial charge in [0, 0.05) is 20.5 Å². The molecule has 1 saturated carbocycles. The summed E-state index contributed by atoms with van der Waals surface area (Å²) in [5.74, 6) is 0.620. The number of hydrogen-bond donors (Lipinski definition) is 2. The number of nitrogens with one attached hydrogen (secondary N) is 1. The van der Waals surface area contributed by atoms with E-state index in [2.05, 4.69) is 17.9 Å². The van der Waals surface area contributed by atoms with Gasteiger partial charge in [0.15, 0.2) is 0 Å². The van der Waals surface area contributed by atoms with Gasteiger partial charge < -0.3 is 10.2 Å². The molecule has 1 N–H and O–H groups in total. The predicted molar refractivity (Wildman–Crippen MR) is 66.4 cm³/mol. The van der Waals surface area contributed by atoms with E-state index in [1.807, 2.05) is 0 Å². The third kappa shape index (κ3) is 3.40. The minimum absolute atomic E-state index is 0.0470. The van der Waals surface area contributed by atoms with Crippen molar-refractivity contribution in [3.63, 3.8) is 0 Å².